The number of anilines is 1. The smallest absolute Gasteiger partial charge is 0.328 e. The maximum absolute atomic E-state index is 15.5. The third kappa shape index (κ3) is 7.84. The molecule has 7 nitrogen and oxygen atoms in total. The van der Waals surface area contributed by atoms with E-state index < -0.39 is 29.6 Å². The molecule has 9 heteroatoms. The van der Waals surface area contributed by atoms with Gasteiger partial charge in [-0.15, -0.1) is 0 Å². The Morgan fingerprint density at radius 2 is 2.07 bits per heavy atom. The first-order valence-corrected chi connectivity index (χ1v) is 15.8. The number of carbonyl (C=O) groups excluding carboxylic acids is 1. The number of nitrogens with one attached hydrogen (secondary N) is 1. The molecule has 3 aliphatic heterocycles. The van der Waals surface area contributed by atoms with Gasteiger partial charge in [0.1, 0.15) is 29.4 Å². The summed E-state index contributed by atoms with van der Waals surface area (Å²) >= 11 is 0. The van der Waals surface area contributed by atoms with Gasteiger partial charge < -0.3 is 14.8 Å². The van der Waals surface area contributed by atoms with E-state index in [4.69, 9.17) is 14.5 Å². The number of esters is 1. The third-order valence-electron chi connectivity index (χ3n) is 8.57. The van der Waals surface area contributed by atoms with Crippen molar-refractivity contribution in [3.8, 4) is 0 Å². The van der Waals surface area contributed by atoms with Gasteiger partial charge in [0.05, 0.1) is 18.0 Å². The molecule has 230 valence electrons. The molecule has 4 atom stereocenters. The molecular weight excluding hydrogens is 538 g/mol. The van der Waals surface area contributed by atoms with Crippen molar-refractivity contribution in [1.29, 1.82) is 0 Å². The maximum Gasteiger partial charge on any atom is 0.328 e. The van der Waals surface area contributed by atoms with Crippen molar-refractivity contribution < 1.29 is 23.0 Å². The van der Waals surface area contributed by atoms with Crippen LogP contribution in [0.1, 0.15) is 107 Å². The number of aromatic nitrogens is 2. The highest BCUT2D eigenvalue weighted by molar-refractivity contribution is 5.78. The average Bonchev–Trinajstić information content (AvgIpc) is 3.45. The Hall–Kier alpha value is -2.65. The molecule has 2 aromatic heterocycles. The molecule has 2 fully saturated rings. The van der Waals surface area contributed by atoms with Crippen LogP contribution in [0.15, 0.2) is 24.4 Å². The highest BCUT2D eigenvalue weighted by Gasteiger charge is 2.41. The van der Waals surface area contributed by atoms with Crippen LogP contribution in [0.4, 0.5) is 14.6 Å². The number of nitrogens with zero attached hydrogens (tertiary/aromatic N) is 3. The van der Waals surface area contributed by atoms with E-state index in [2.05, 4.69) is 22.4 Å². The largest absolute Gasteiger partial charge is 0.459 e. The van der Waals surface area contributed by atoms with Crippen molar-refractivity contribution >= 4 is 11.8 Å². The van der Waals surface area contributed by atoms with Crippen LogP contribution in [0.2, 0.25) is 0 Å². The summed E-state index contributed by atoms with van der Waals surface area (Å²) in [4.78, 5) is 24.8. The second kappa shape index (κ2) is 13.8. The Kier molecular flexibility index (Phi) is 10.1. The van der Waals surface area contributed by atoms with Crippen molar-refractivity contribution in [2.45, 2.75) is 109 Å². The Morgan fingerprint density at radius 3 is 2.86 bits per heavy atom. The molecule has 1 N–H and O–H groups in total. The Bertz CT molecular complexity index is 1210. The molecule has 5 rings (SSSR count). The fourth-order valence-corrected chi connectivity index (χ4v) is 6.47. The number of carbonyl (C=O) groups is 1. The summed E-state index contributed by atoms with van der Waals surface area (Å²) in [5.41, 5.74) is 2.66. The summed E-state index contributed by atoms with van der Waals surface area (Å²) in [5, 5.41) is 3.38. The Labute approximate surface area is 248 Å². The van der Waals surface area contributed by atoms with Crippen LogP contribution < -0.4 is 5.32 Å². The van der Waals surface area contributed by atoms with Crippen molar-refractivity contribution in [3.05, 3.63) is 52.7 Å². The number of hydrogen-bond donors (Lipinski definition) is 1. The van der Waals surface area contributed by atoms with Crippen molar-refractivity contribution in [2.75, 3.05) is 31.6 Å². The minimum absolute atomic E-state index is 0.197. The van der Waals surface area contributed by atoms with Gasteiger partial charge in [0.15, 0.2) is 0 Å². The van der Waals surface area contributed by atoms with Gasteiger partial charge >= 0.3 is 5.97 Å². The van der Waals surface area contributed by atoms with E-state index in [0.29, 0.717) is 43.8 Å². The zero-order valence-corrected chi connectivity index (χ0v) is 25.3. The van der Waals surface area contributed by atoms with Crippen molar-refractivity contribution in [2.24, 2.45) is 5.92 Å². The first-order valence-electron chi connectivity index (χ1n) is 15.8. The van der Waals surface area contributed by atoms with Gasteiger partial charge in [-0.05, 0) is 103 Å². The topological polar surface area (TPSA) is 76.6 Å². The van der Waals surface area contributed by atoms with Crippen LogP contribution >= 0.6 is 0 Å². The summed E-state index contributed by atoms with van der Waals surface area (Å²) in [7, 11) is 0. The molecule has 2 aromatic rings. The molecule has 0 saturated carbocycles. The molecule has 0 amide bonds. The number of halogens is 2. The van der Waals surface area contributed by atoms with Crippen LogP contribution in [0.3, 0.4) is 0 Å². The summed E-state index contributed by atoms with van der Waals surface area (Å²) < 4.78 is 42.0. The lowest BCUT2D eigenvalue weighted by atomic mass is 9.95. The summed E-state index contributed by atoms with van der Waals surface area (Å²) in [6.07, 6.45) is 8.42. The Balaban J connectivity index is 1.23. The minimum atomic E-state index is -0.973. The number of aryl methyl sites for hydroxylation is 2. The SMILES string of the molecule is CC(C)(C)OC(=O)C(c1cc(F)cnc1C1CCCCO1)N1CCC(C(F)CCCCc2ccc3c(n2)NCCC3)C1. The normalized spacial score (nSPS) is 22.7. The van der Waals surface area contributed by atoms with E-state index in [9.17, 15) is 9.18 Å². The number of pyridine rings is 2. The fraction of sp³-hybridized carbons (Fsp3) is 0.667. The van der Waals surface area contributed by atoms with Crippen LogP contribution in [0.25, 0.3) is 0 Å². The van der Waals surface area contributed by atoms with Crippen LogP contribution in [0, 0.1) is 11.7 Å². The molecule has 4 unspecified atom stereocenters. The number of alkyl halides is 1. The zero-order valence-electron chi connectivity index (χ0n) is 25.3. The second-order valence-electron chi connectivity index (χ2n) is 13.1. The summed E-state index contributed by atoms with van der Waals surface area (Å²) in [6, 6.07) is 4.78. The molecule has 0 bridgehead atoms. The first kappa shape index (κ1) is 30.8. The van der Waals surface area contributed by atoms with E-state index in [1.807, 2.05) is 25.7 Å². The number of hydrogen-bond acceptors (Lipinski definition) is 7. The van der Waals surface area contributed by atoms with Crippen LogP contribution in [-0.4, -0.2) is 58.9 Å². The number of unbranched alkanes of at least 4 members (excludes halogenated alkanes) is 1. The van der Waals surface area contributed by atoms with E-state index in [1.54, 1.807) is 0 Å². The quantitative estimate of drug-likeness (QED) is 0.247. The molecule has 0 aliphatic carbocycles. The molecule has 0 spiro atoms. The predicted octanol–water partition coefficient (Wildman–Crippen LogP) is 6.67. The first-order chi connectivity index (χ1) is 20.2. The maximum atomic E-state index is 15.5. The van der Waals surface area contributed by atoms with Crippen molar-refractivity contribution in [3.63, 3.8) is 0 Å². The van der Waals surface area contributed by atoms with Crippen LogP contribution in [0.5, 0.6) is 0 Å². The lowest BCUT2D eigenvalue weighted by Crippen LogP contribution is -2.38. The molecule has 0 aromatic carbocycles. The monoisotopic (exact) mass is 584 g/mol. The van der Waals surface area contributed by atoms with Gasteiger partial charge in [0.2, 0.25) is 0 Å². The van der Waals surface area contributed by atoms with Crippen LogP contribution in [-0.2, 0) is 27.1 Å². The lowest BCUT2D eigenvalue weighted by Gasteiger charge is -2.33. The molecule has 5 heterocycles. The number of rotatable bonds is 10. The average molecular weight is 585 g/mol. The molecular formula is C33H46F2N4O3. The molecule has 0 radical (unpaired) electrons. The minimum Gasteiger partial charge on any atom is -0.459 e. The van der Waals surface area contributed by atoms with Gasteiger partial charge in [-0.1, -0.05) is 12.5 Å². The molecule has 2 saturated heterocycles. The highest BCUT2D eigenvalue weighted by Crippen LogP contribution is 2.38. The van der Waals surface area contributed by atoms with E-state index in [-0.39, 0.29) is 12.0 Å². The van der Waals surface area contributed by atoms with E-state index >= 15 is 4.39 Å². The van der Waals surface area contributed by atoms with E-state index in [0.717, 1.165) is 69.4 Å². The van der Waals surface area contributed by atoms with Gasteiger partial charge in [-0.25, -0.2) is 18.6 Å². The van der Waals surface area contributed by atoms with Gasteiger partial charge in [-0.3, -0.25) is 9.88 Å². The molecule has 3 aliphatic rings. The highest BCUT2D eigenvalue weighted by atomic mass is 19.1. The standard InChI is InChI=1S/C33H46F2N4O3/c1-33(2,3)42-32(40)30(26-19-24(34)20-37-29(26)28-12-6-7-18-41-28)39-17-15-23(21-39)27(35)11-5-4-10-25-14-13-22-9-8-16-36-31(22)38-25/h13-14,19-20,23,27-28,30H,4-12,15-18,21H2,1-3H3,(H,36,38). The van der Waals surface area contributed by atoms with E-state index in [1.165, 1.54) is 17.8 Å². The van der Waals surface area contributed by atoms with Gasteiger partial charge in [0.25, 0.3) is 0 Å². The Morgan fingerprint density at radius 1 is 1.21 bits per heavy atom. The summed E-state index contributed by atoms with van der Waals surface area (Å²) in [6.45, 7) is 7.96. The number of likely N-dealkylation sites (tertiary alicyclic amines) is 1. The van der Waals surface area contributed by atoms with Gasteiger partial charge in [0, 0.05) is 36.9 Å². The van der Waals surface area contributed by atoms with Crippen molar-refractivity contribution in [1.82, 2.24) is 14.9 Å². The number of ether oxygens (including phenoxy) is 2. The predicted molar refractivity (Wildman–Crippen MR) is 159 cm³/mol. The summed E-state index contributed by atoms with van der Waals surface area (Å²) in [5.74, 6) is -0.173. The third-order valence-corrected chi connectivity index (χ3v) is 8.57. The zero-order chi connectivity index (χ0) is 29.7. The molecule has 42 heavy (non-hydrogen) atoms. The second-order valence-corrected chi connectivity index (χ2v) is 13.1. The van der Waals surface area contributed by atoms with Gasteiger partial charge in [-0.2, -0.15) is 0 Å². The lowest BCUT2D eigenvalue weighted by molar-refractivity contribution is -0.161. The number of fused-ring (bicyclic) bond motifs is 1. The fourth-order valence-electron chi connectivity index (χ4n) is 6.47.